The third-order valence-corrected chi connectivity index (χ3v) is 3.75. The minimum Gasteiger partial charge on any atom is -0.396 e. The van der Waals surface area contributed by atoms with Crippen molar-refractivity contribution in [3.8, 4) is 0 Å². The molecule has 2 unspecified atom stereocenters. The molecular formula is C13H28N2O2. The van der Waals surface area contributed by atoms with Crippen LogP contribution in [0, 0.1) is 5.41 Å². The number of aliphatic hydroxyl groups is 1. The summed E-state index contributed by atoms with van der Waals surface area (Å²) in [7, 11) is 0. The van der Waals surface area contributed by atoms with Crippen LogP contribution in [0.15, 0.2) is 0 Å². The summed E-state index contributed by atoms with van der Waals surface area (Å²) < 4.78 is 5.34. The van der Waals surface area contributed by atoms with Crippen LogP contribution in [-0.2, 0) is 4.74 Å². The van der Waals surface area contributed by atoms with Crippen molar-refractivity contribution in [2.75, 3.05) is 46.0 Å². The zero-order valence-electron chi connectivity index (χ0n) is 11.5. The molecule has 1 aliphatic heterocycles. The Bertz CT molecular complexity index is 202. The summed E-state index contributed by atoms with van der Waals surface area (Å²) in [6, 6.07) is 0.463. The summed E-state index contributed by atoms with van der Waals surface area (Å²) in [5, 5.41) is 12.9. The number of aliphatic hydroxyl groups excluding tert-OH is 1. The van der Waals surface area contributed by atoms with E-state index in [9.17, 15) is 5.11 Å². The largest absolute Gasteiger partial charge is 0.396 e. The van der Waals surface area contributed by atoms with Crippen LogP contribution in [0.25, 0.3) is 0 Å². The molecule has 0 saturated carbocycles. The van der Waals surface area contributed by atoms with Crippen LogP contribution in [-0.4, -0.2) is 62.0 Å². The van der Waals surface area contributed by atoms with Gasteiger partial charge in [0.2, 0.25) is 0 Å². The van der Waals surface area contributed by atoms with Crippen LogP contribution in [0.1, 0.15) is 27.2 Å². The van der Waals surface area contributed by atoms with Crippen LogP contribution in [0.3, 0.4) is 0 Å². The lowest BCUT2D eigenvalue weighted by Crippen LogP contribution is -2.47. The average Bonchev–Trinajstić information content (AvgIpc) is 2.37. The molecule has 0 aromatic carbocycles. The lowest BCUT2D eigenvalue weighted by molar-refractivity contribution is 0.0333. The molecule has 0 bridgehead atoms. The third kappa shape index (κ3) is 5.34. The highest BCUT2D eigenvalue weighted by atomic mass is 16.5. The van der Waals surface area contributed by atoms with Gasteiger partial charge in [0.05, 0.1) is 13.2 Å². The molecule has 0 aromatic rings. The monoisotopic (exact) mass is 244 g/mol. The van der Waals surface area contributed by atoms with Gasteiger partial charge in [-0.2, -0.15) is 0 Å². The summed E-state index contributed by atoms with van der Waals surface area (Å²) in [6.45, 7) is 12.5. The smallest absolute Gasteiger partial charge is 0.0594 e. The molecule has 0 radical (unpaired) electrons. The fraction of sp³-hybridized carbons (Fsp3) is 1.00. The fourth-order valence-electron chi connectivity index (χ4n) is 1.95. The van der Waals surface area contributed by atoms with Gasteiger partial charge in [-0.1, -0.05) is 13.8 Å². The number of ether oxygens (including phenoxy) is 1. The second-order valence-electron chi connectivity index (χ2n) is 5.52. The zero-order chi connectivity index (χ0) is 12.7. The van der Waals surface area contributed by atoms with Gasteiger partial charge in [-0.3, -0.25) is 4.90 Å². The molecule has 1 rings (SSSR count). The van der Waals surface area contributed by atoms with Gasteiger partial charge in [0.15, 0.2) is 0 Å². The number of nitrogens with zero attached hydrogens (tertiary/aromatic N) is 1. The zero-order valence-corrected chi connectivity index (χ0v) is 11.5. The van der Waals surface area contributed by atoms with Crippen molar-refractivity contribution >= 4 is 0 Å². The molecule has 2 N–H and O–H groups in total. The molecule has 0 amide bonds. The number of hydrogen-bond donors (Lipinski definition) is 2. The van der Waals surface area contributed by atoms with Gasteiger partial charge in [-0.05, 0) is 13.3 Å². The van der Waals surface area contributed by atoms with Crippen molar-refractivity contribution in [1.82, 2.24) is 10.2 Å². The first-order valence-electron chi connectivity index (χ1n) is 6.74. The van der Waals surface area contributed by atoms with Gasteiger partial charge in [0.1, 0.15) is 0 Å². The summed E-state index contributed by atoms with van der Waals surface area (Å²) in [5.41, 5.74) is 0.0132. The number of hydrogen-bond acceptors (Lipinski definition) is 4. The molecular weight excluding hydrogens is 216 g/mol. The Labute approximate surface area is 105 Å². The van der Waals surface area contributed by atoms with Gasteiger partial charge in [-0.25, -0.2) is 0 Å². The highest BCUT2D eigenvalue weighted by molar-refractivity contribution is 4.78. The third-order valence-electron chi connectivity index (χ3n) is 3.75. The average molecular weight is 244 g/mol. The van der Waals surface area contributed by atoms with Crippen molar-refractivity contribution in [3.63, 3.8) is 0 Å². The topological polar surface area (TPSA) is 44.7 Å². The normalized spacial score (nSPS) is 23.3. The molecule has 1 aliphatic rings. The number of morpholine rings is 1. The van der Waals surface area contributed by atoms with E-state index in [-0.39, 0.29) is 12.0 Å². The molecule has 4 nitrogen and oxygen atoms in total. The summed E-state index contributed by atoms with van der Waals surface area (Å²) in [6.07, 6.45) is 1.00. The van der Waals surface area contributed by atoms with Gasteiger partial charge in [0, 0.05) is 44.2 Å². The first-order valence-corrected chi connectivity index (χ1v) is 6.74. The van der Waals surface area contributed by atoms with E-state index in [0.717, 1.165) is 45.8 Å². The van der Waals surface area contributed by atoms with E-state index < -0.39 is 0 Å². The highest BCUT2D eigenvalue weighted by Gasteiger charge is 2.22. The maximum Gasteiger partial charge on any atom is 0.0594 e. The van der Waals surface area contributed by atoms with Crippen molar-refractivity contribution < 1.29 is 9.84 Å². The Morgan fingerprint density at radius 3 is 2.59 bits per heavy atom. The first-order chi connectivity index (χ1) is 8.09. The van der Waals surface area contributed by atoms with E-state index in [2.05, 4.69) is 31.0 Å². The van der Waals surface area contributed by atoms with Crippen molar-refractivity contribution in [2.45, 2.75) is 33.2 Å². The number of nitrogens with one attached hydrogen (secondary N) is 1. The molecule has 102 valence electrons. The second kappa shape index (κ2) is 7.31. The maximum absolute atomic E-state index is 9.35. The fourth-order valence-corrected chi connectivity index (χ4v) is 1.95. The van der Waals surface area contributed by atoms with Crippen LogP contribution >= 0.6 is 0 Å². The number of rotatable bonds is 7. The molecule has 0 aliphatic carbocycles. The quantitative estimate of drug-likeness (QED) is 0.692. The Balaban J connectivity index is 2.21. The molecule has 1 fully saturated rings. The minimum atomic E-state index is 0.0132. The predicted molar refractivity (Wildman–Crippen MR) is 70.2 cm³/mol. The molecule has 4 heteroatoms. The van der Waals surface area contributed by atoms with E-state index >= 15 is 0 Å². The van der Waals surface area contributed by atoms with E-state index in [1.54, 1.807) is 0 Å². The van der Waals surface area contributed by atoms with Crippen molar-refractivity contribution in [2.24, 2.45) is 5.41 Å². The van der Waals surface area contributed by atoms with Gasteiger partial charge in [-0.15, -0.1) is 0 Å². The SMILES string of the molecule is CCC(C)(CO)CNC(C)CN1CCOCC1. The Morgan fingerprint density at radius 2 is 2.06 bits per heavy atom. The van der Waals surface area contributed by atoms with E-state index in [0.29, 0.717) is 6.04 Å². The van der Waals surface area contributed by atoms with E-state index in [1.807, 2.05) is 0 Å². The van der Waals surface area contributed by atoms with Crippen LogP contribution in [0.5, 0.6) is 0 Å². The molecule has 1 saturated heterocycles. The molecule has 1 heterocycles. The maximum atomic E-state index is 9.35. The highest BCUT2D eigenvalue weighted by Crippen LogP contribution is 2.18. The molecule has 0 aromatic heterocycles. The Kier molecular flexibility index (Phi) is 6.41. The molecule has 17 heavy (non-hydrogen) atoms. The van der Waals surface area contributed by atoms with Gasteiger partial charge >= 0.3 is 0 Å². The molecule has 2 atom stereocenters. The van der Waals surface area contributed by atoms with Crippen LogP contribution < -0.4 is 5.32 Å². The standard InChI is InChI=1S/C13H28N2O2/c1-4-13(3,11-16)10-14-12(2)9-15-5-7-17-8-6-15/h12,14,16H,4-11H2,1-3H3. The predicted octanol–water partition coefficient (Wildman–Crippen LogP) is 0.705. The van der Waals surface area contributed by atoms with E-state index in [4.69, 9.17) is 4.74 Å². The Hall–Kier alpha value is -0.160. The first kappa shape index (κ1) is 14.9. The summed E-state index contributed by atoms with van der Waals surface area (Å²) in [4.78, 5) is 2.43. The second-order valence-corrected chi connectivity index (χ2v) is 5.52. The van der Waals surface area contributed by atoms with Gasteiger partial charge in [0.25, 0.3) is 0 Å². The summed E-state index contributed by atoms with van der Waals surface area (Å²) >= 11 is 0. The summed E-state index contributed by atoms with van der Waals surface area (Å²) in [5.74, 6) is 0. The Morgan fingerprint density at radius 1 is 1.41 bits per heavy atom. The van der Waals surface area contributed by atoms with Crippen molar-refractivity contribution in [3.05, 3.63) is 0 Å². The van der Waals surface area contributed by atoms with Gasteiger partial charge < -0.3 is 15.2 Å². The molecule has 0 spiro atoms. The minimum absolute atomic E-state index is 0.0132. The lowest BCUT2D eigenvalue weighted by atomic mass is 9.88. The van der Waals surface area contributed by atoms with Crippen LogP contribution in [0.4, 0.5) is 0 Å². The van der Waals surface area contributed by atoms with Crippen LogP contribution in [0.2, 0.25) is 0 Å². The van der Waals surface area contributed by atoms with E-state index in [1.165, 1.54) is 0 Å². The lowest BCUT2D eigenvalue weighted by Gasteiger charge is -2.32. The van der Waals surface area contributed by atoms with Crippen molar-refractivity contribution in [1.29, 1.82) is 0 Å².